The maximum absolute atomic E-state index is 6.99. The fraction of sp³-hybridized carbons (Fsp3) is 1.00. The monoisotopic (exact) mass is 1500 g/mol. The third kappa shape index (κ3) is 26.1. The minimum atomic E-state index is -3.37. The first-order valence-electron chi connectivity index (χ1n) is 34.5. The average molecular weight is 1500 g/mol. The molecule has 0 N–H and O–H groups in total. The van der Waals surface area contributed by atoms with E-state index in [4.69, 9.17) is 154 Å². The smallest absolute Gasteiger partial charge is 0.374 e. The Kier molecular flexibility index (Phi) is 47.8. The van der Waals surface area contributed by atoms with Crippen molar-refractivity contribution in [3.05, 3.63) is 0 Å². The average Bonchev–Trinajstić information content (AvgIpc) is 2.52. The molecule has 12 nitrogen and oxygen atoms in total. The van der Waals surface area contributed by atoms with Gasteiger partial charge in [-0.05, 0) is 196 Å². The van der Waals surface area contributed by atoms with Gasteiger partial charge < -0.3 is 53.1 Å². The molecule has 0 saturated heterocycles. The third-order valence-electron chi connectivity index (χ3n) is 18.5. The summed E-state index contributed by atoms with van der Waals surface area (Å²) >= 11 is 41.9. The Hall–Kier alpha value is 3.89. The van der Waals surface area contributed by atoms with Crippen LogP contribution < -0.4 is 0 Å². The standard InChI is InChI=1S/C62H130O12S10Si4/c1-17-31-53(75)59(79)61(81)55(77)43-57(87(69-25-9,70-26-10)71-27-11)51-41-49(45(15)85(63-19-3,64-20-4)65-21-5)35-33-47(51)37-39-83-84-40-38-48-34-36-50(46(16)86(66-22-6,67-23-7)68-24-8)42-52(48)58(88(72-28-12,73-29-13)74-30-14)44-56(78)62(82)60(80)54(76)32-18-2/h45-62,75-82H,17-44H2,1-16H3. The molecule has 0 aromatic heterocycles. The Morgan fingerprint density at radius 1 is 0.341 bits per heavy atom. The zero-order valence-electron chi connectivity index (χ0n) is 57.5. The van der Waals surface area contributed by atoms with Crippen LogP contribution in [-0.2, 0) is 53.1 Å². The Morgan fingerprint density at radius 2 is 0.580 bits per heavy atom. The summed E-state index contributed by atoms with van der Waals surface area (Å²) in [6, 6.07) is 0. The van der Waals surface area contributed by atoms with Crippen molar-refractivity contribution in [2.75, 3.05) is 90.8 Å². The molecule has 0 radical (unpaired) electrons. The van der Waals surface area contributed by atoms with E-state index in [0.29, 0.717) is 103 Å². The summed E-state index contributed by atoms with van der Waals surface area (Å²) in [5, 5.41) is -0.370. The maximum atomic E-state index is 6.99. The van der Waals surface area contributed by atoms with E-state index in [1.54, 1.807) is 0 Å². The van der Waals surface area contributed by atoms with Crippen molar-refractivity contribution in [1.29, 1.82) is 0 Å². The molecule has 2 aliphatic rings. The Bertz CT molecular complexity index is 1580. The van der Waals surface area contributed by atoms with Gasteiger partial charge in [0.15, 0.2) is 0 Å². The number of rotatable bonds is 53. The second-order valence-electron chi connectivity index (χ2n) is 23.9. The van der Waals surface area contributed by atoms with E-state index >= 15 is 0 Å². The molecule has 0 aliphatic heterocycles. The van der Waals surface area contributed by atoms with Gasteiger partial charge in [0.2, 0.25) is 0 Å². The zero-order chi connectivity index (χ0) is 66.1. The van der Waals surface area contributed by atoms with Crippen molar-refractivity contribution in [3.63, 3.8) is 0 Å². The van der Waals surface area contributed by atoms with Gasteiger partial charge in [-0.3, -0.25) is 0 Å². The van der Waals surface area contributed by atoms with Crippen molar-refractivity contribution in [3.8, 4) is 0 Å². The number of thiol groups is 8. The zero-order valence-corrected chi connectivity index (χ0v) is 70.3. The molecule has 26 heteroatoms. The van der Waals surface area contributed by atoms with E-state index in [0.717, 1.165) is 101 Å². The Labute approximate surface area is 596 Å². The van der Waals surface area contributed by atoms with Gasteiger partial charge in [-0.1, -0.05) is 62.1 Å². The molecule has 2 aliphatic carbocycles. The lowest BCUT2D eigenvalue weighted by Gasteiger charge is -2.49. The molecule has 0 heterocycles. The lowest BCUT2D eigenvalue weighted by molar-refractivity contribution is 0.0263. The highest BCUT2D eigenvalue weighted by Gasteiger charge is 2.60. The van der Waals surface area contributed by atoms with E-state index in [1.807, 2.05) is 21.6 Å². The first kappa shape index (κ1) is 88.0. The molecule has 0 aromatic rings. The van der Waals surface area contributed by atoms with E-state index in [9.17, 15) is 0 Å². The van der Waals surface area contributed by atoms with Gasteiger partial charge in [-0.25, -0.2) is 0 Å². The number of hydrogen-bond acceptors (Lipinski definition) is 22. The van der Waals surface area contributed by atoms with Crippen molar-refractivity contribution in [2.45, 2.75) is 265 Å². The molecule has 2 rings (SSSR count). The van der Waals surface area contributed by atoms with Crippen molar-refractivity contribution in [2.24, 2.45) is 35.5 Å². The van der Waals surface area contributed by atoms with Crippen LogP contribution >= 0.6 is 123 Å². The highest BCUT2D eigenvalue weighted by molar-refractivity contribution is 8.76. The van der Waals surface area contributed by atoms with Gasteiger partial charge in [0.05, 0.1) is 0 Å². The Balaban J connectivity index is 2.77. The van der Waals surface area contributed by atoms with Gasteiger partial charge >= 0.3 is 35.2 Å². The van der Waals surface area contributed by atoms with Gasteiger partial charge in [0, 0.05) is 155 Å². The molecule has 2 saturated carbocycles. The van der Waals surface area contributed by atoms with Crippen LogP contribution in [0.4, 0.5) is 0 Å². The highest BCUT2D eigenvalue weighted by atomic mass is 33.1. The van der Waals surface area contributed by atoms with Gasteiger partial charge in [0.1, 0.15) is 0 Å². The van der Waals surface area contributed by atoms with E-state index in [2.05, 4.69) is 111 Å². The normalized spacial score (nSPS) is 24.3. The van der Waals surface area contributed by atoms with Crippen LogP contribution in [0.1, 0.15) is 201 Å². The first-order valence-corrected chi connectivity index (χ1v) is 48.3. The van der Waals surface area contributed by atoms with Crippen LogP contribution in [-0.4, -0.2) is 168 Å². The molecule has 18 atom stereocenters. The fourth-order valence-corrected chi connectivity index (χ4v) is 34.2. The van der Waals surface area contributed by atoms with Crippen LogP contribution in [0.25, 0.3) is 0 Å². The molecule has 2 fully saturated rings. The van der Waals surface area contributed by atoms with Crippen molar-refractivity contribution >= 4 is 158 Å². The summed E-state index contributed by atoms with van der Waals surface area (Å²) in [7, 11) is -8.84. The van der Waals surface area contributed by atoms with Crippen LogP contribution in [0.15, 0.2) is 0 Å². The van der Waals surface area contributed by atoms with E-state index in [-0.39, 0.29) is 76.0 Å². The lowest BCUT2D eigenvalue weighted by atomic mass is 9.70. The molecular weight excluding hydrogens is 1370 g/mol. The summed E-state index contributed by atoms with van der Waals surface area (Å²) in [5.74, 6) is 3.82. The fourth-order valence-electron chi connectivity index (χ4n) is 14.5. The Morgan fingerprint density at radius 3 is 0.818 bits per heavy atom. The second kappa shape index (κ2) is 47.8. The molecule has 526 valence electrons. The molecule has 0 bridgehead atoms. The molecule has 88 heavy (non-hydrogen) atoms. The lowest BCUT2D eigenvalue weighted by Crippen LogP contribution is -2.56. The van der Waals surface area contributed by atoms with E-state index < -0.39 is 35.2 Å². The predicted octanol–water partition coefficient (Wildman–Crippen LogP) is 17.7. The van der Waals surface area contributed by atoms with Crippen LogP contribution in [0, 0.1) is 35.5 Å². The second-order valence-corrected chi connectivity index (χ2v) is 43.2. The van der Waals surface area contributed by atoms with Gasteiger partial charge in [-0.15, -0.1) is 0 Å². The summed E-state index contributed by atoms with van der Waals surface area (Å²) in [5.41, 5.74) is 0.106. The number of hydrogen-bond donors (Lipinski definition) is 8. The molecular formula is C62H130O12S10Si4. The molecule has 0 aromatic carbocycles. The van der Waals surface area contributed by atoms with Crippen LogP contribution in [0.3, 0.4) is 0 Å². The molecule has 0 spiro atoms. The van der Waals surface area contributed by atoms with Crippen molar-refractivity contribution < 1.29 is 53.1 Å². The van der Waals surface area contributed by atoms with Crippen molar-refractivity contribution in [1.82, 2.24) is 0 Å². The minimum Gasteiger partial charge on any atom is -0.374 e. The predicted molar refractivity (Wildman–Crippen MR) is 413 cm³/mol. The van der Waals surface area contributed by atoms with Gasteiger partial charge in [0.25, 0.3) is 0 Å². The third-order valence-corrected chi connectivity index (χ3v) is 41.9. The summed E-state index contributed by atoms with van der Waals surface area (Å²) in [6.07, 6.45) is 13.7. The largest absolute Gasteiger partial charge is 0.504 e. The molecule has 0 amide bonds. The SMILES string of the molecule is CCCC(S)C(S)C(S)C(S)CC(C1CC(C(C)[Si](OCC)(OCC)OCC)CCC1CCSSCCC1CCC(C(C)[Si](OCC)(OCC)OCC)CC1C(CC(S)C(S)C(S)C(S)CCC)[Si](OCC)(OCC)OCC)[Si](OCC)(OCC)OCC. The quantitative estimate of drug-likeness (QED) is 0.0128. The highest BCUT2D eigenvalue weighted by Crippen LogP contribution is 2.56. The summed E-state index contributed by atoms with van der Waals surface area (Å²) in [4.78, 5) is 0. The summed E-state index contributed by atoms with van der Waals surface area (Å²) < 4.78 is 81.9. The summed E-state index contributed by atoms with van der Waals surface area (Å²) in [6.45, 7) is 40.0. The minimum absolute atomic E-state index is 0.0366. The maximum Gasteiger partial charge on any atom is 0.504 e. The van der Waals surface area contributed by atoms with Crippen LogP contribution in [0.2, 0.25) is 22.2 Å². The first-order chi connectivity index (χ1) is 42.1. The van der Waals surface area contributed by atoms with Gasteiger partial charge in [-0.2, -0.15) is 101 Å². The van der Waals surface area contributed by atoms with E-state index in [1.165, 1.54) is 0 Å². The molecule has 18 unspecified atom stereocenters. The van der Waals surface area contributed by atoms with Crippen LogP contribution in [0.5, 0.6) is 0 Å². The topological polar surface area (TPSA) is 111 Å².